The van der Waals surface area contributed by atoms with Gasteiger partial charge in [-0.05, 0) is 55.2 Å². The van der Waals surface area contributed by atoms with Crippen molar-refractivity contribution in [3.05, 3.63) is 58.7 Å². The van der Waals surface area contributed by atoms with E-state index in [1.165, 1.54) is 23.2 Å². The van der Waals surface area contributed by atoms with Crippen LogP contribution in [0.15, 0.2) is 36.5 Å². The Morgan fingerprint density at radius 2 is 2.06 bits per heavy atom. The van der Waals surface area contributed by atoms with E-state index in [4.69, 9.17) is 16.3 Å². The topological polar surface area (TPSA) is 108 Å². The summed E-state index contributed by atoms with van der Waals surface area (Å²) in [5.74, 6) is -1.26. The fourth-order valence-electron chi connectivity index (χ4n) is 3.97. The quantitative estimate of drug-likeness (QED) is 0.484. The van der Waals surface area contributed by atoms with Gasteiger partial charge >= 0.3 is 12.2 Å². The highest BCUT2D eigenvalue weighted by Crippen LogP contribution is 2.34. The van der Waals surface area contributed by atoms with Gasteiger partial charge in [0.05, 0.1) is 12.2 Å². The van der Waals surface area contributed by atoms with Crippen molar-refractivity contribution in [3.63, 3.8) is 0 Å². The number of aromatic amines is 1. The number of rotatable bonds is 4. The SMILES string of the molecule is O=C(Nc1cc(F)c2[nH]ncc2c1)O[C@@H](c1cc(F)cc(Cl)c1)[C@@H]1CCCCN1C(=O)O. The van der Waals surface area contributed by atoms with Gasteiger partial charge in [-0.1, -0.05) is 11.6 Å². The van der Waals surface area contributed by atoms with Gasteiger partial charge in [0.25, 0.3) is 0 Å². The monoisotopic (exact) mass is 464 g/mol. The highest BCUT2D eigenvalue weighted by molar-refractivity contribution is 6.30. The Morgan fingerprint density at radius 1 is 1.25 bits per heavy atom. The molecule has 0 unspecified atom stereocenters. The predicted octanol–water partition coefficient (Wildman–Crippen LogP) is 5.32. The van der Waals surface area contributed by atoms with Crippen molar-refractivity contribution in [2.75, 3.05) is 11.9 Å². The number of nitrogens with one attached hydrogen (secondary N) is 2. The number of aromatic nitrogens is 2. The van der Waals surface area contributed by atoms with Crippen LogP contribution in [-0.4, -0.2) is 45.0 Å². The third kappa shape index (κ3) is 4.59. The Morgan fingerprint density at radius 3 is 2.81 bits per heavy atom. The molecule has 0 spiro atoms. The number of carbonyl (C=O) groups is 2. The number of anilines is 1. The molecule has 0 saturated carbocycles. The number of hydrogen-bond donors (Lipinski definition) is 3. The number of fused-ring (bicyclic) bond motifs is 1. The number of hydrogen-bond acceptors (Lipinski definition) is 4. The van der Waals surface area contributed by atoms with Crippen molar-refractivity contribution < 1.29 is 28.2 Å². The summed E-state index contributed by atoms with van der Waals surface area (Å²) in [6, 6.07) is 5.53. The van der Waals surface area contributed by atoms with Gasteiger partial charge in [0.15, 0.2) is 5.82 Å². The molecule has 1 aromatic heterocycles. The molecule has 11 heteroatoms. The van der Waals surface area contributed by atoms with Crippen LogP contribution >= 0.6 is 11.6 Å². The highest BCUT2D eigenvalue weighted by Gasteiger charge is 2.37. The maximum Gasteiger partial charge on any atom is 0.412 e. The van der Waals surface area contributed by atoms with Crippen LogP contribution in [0.25, 0.3) is 10.9 Å². The fourth-order valence-corrected chi connectivity index (χ4v) is 4.20. The molecule has 2 amide bonds. The van der Waals surface area contributed by atoms with E-state index in [9.17, 15) is 23.5 Å². The van der Waals surface area contributed by atoms with Crippen LogP contribution < -0.4 is 5.32 Å². The number of ether oxygens (including phenoxy) is 1. The second kappa shape index (κ2) is 8.99. The minimum Gasteiger partial charge on any atom is -0.465 e. The highest BCUT2D eigenvalue weighted by atomic mass is 35.5. The van der Waals surface area contributed by atoms with Gasteiger partial charge in [-0.3, -0.25) is 10.4 Å². The third-order valence-corrected chi connectivity index (χ3v) is 5.56. The number of halogens is 3. The standard InChI is InChI=1S/C21H19ClF2N4O4/c22-13-5-11(6-14(23)8-13)19(17-3-1-2-4-28(17)21(30)31)32-20(29)26-15-7-12-10-25-27-18(12)16(24)9-15/h5-10,17,19H,1-4H2,(H,25,27)(H,26,29)(H,30,31)/t17-,19-/m0/s1. The van der Waals surface area contributed by atoms with Gasteiger partial charge in [-0.2, -0.15) is 5.10 Å². The molecule has 32 heavy (non-hydrogen) atoms. The molecule has 2 heterocycles. The van der Waals surface area contributed by atoms with E-state index in [1.807, 2.05) is 0 Å². The van der Waals surface area contributed by atoms with Gasteiger partial charge < -0.3 is 14.7 Å². The lowest BCUT2D eigenvalue weighted by Crippen LogP contribution is -2.47. The molecule has 3 aromatic rings. The molecule has 168 valence electrons. The molecule has 0 radical (unpaired) electrons. The van der Waals surface area contributed by atoms with Crippen LogP contribution in [0.4, 0.5) is 24.1 Å². The summed E-state index contributed by atoms with van der Waals surface area (Å²) in [5.41, 5.74) is 0.534. The lowest BCUT2D eigenvalue weighted by molar-refractivity contribution is 0.0177. The second-order valence-electron chi connectivity index (χ2n) is 7.49. The van der Waals surface area contributed by atoms with Crippen molar-refractivity contribution in [3.8, 4) is 0 Å². The van der Waals surface area contributed by atoms with Crippen molar-refractivity contribution >= 4 is 40.4 Å². The first kappa shape index (κ1) is 21.8. The Labute approximate surface area is 186 Å². The van der Waals surface area contributed by atoms with Crippen LogP contribution in [-0.2, 0) is 4.74 Å². The number of nitrogens with zero attached hydrogens (tertiary/aromatic N) is 2. The van der Waals surface area contributed by atoms with Gasteiger partial charge in [0, 0.05) is 22.6 Å². The van der Waals surface area contributed by atoms with Gasteiger partial charge in [-0.25, -0.2) is 18.4 Å². The first-order valence-corrected chi connectivity index (χ1v) is 10.3. The summed E-state index contributed by atoms with van der Waals surface area (Å²) >= 11 is 5.98. The molecule has 1 aliphatic rings. The zero-order valence-corrected chi connectivity index (χ0v) is 17.4. The normalized spacial score (nSPS) is 17.2. The molecule has 2 aromatic carbocycles. The Kier molecular flexibility index (Phi) is 6.13. The molecule has 1 saturated heterocycles. The molecule has 8 nitrogen and oxygen atoms in total. The zero-order chi connectivity index (χ0) is 22.8. The summed E-state index contributed by atoms with van der Waals surface area (Å²) in [7, 11) is 0. The molecule has 4 rings (SSSR count). The summed E-state index contributed by atoms with van der Waals surface area (Å²) in [5, 5.41) is 18.8. The smallest absolute Gasteiger partial charge is 0.412 e. The minimum absolute atomic E-state index is 0.0826. The Balaban J connectivity index is 1.63. The van der Waals surface area contributed by atoms with Crippen LogP contribution in [0, 0.1) is 11.6 Å². The number of H-pyrrole nitrogens is 1. The van der Waals surface area contributed by atoms with E-state index in [1.54, 1.807) is 0 Å². The van der Waals surface area contributed by atoms with Gasteiger partial charge in [-0.15, -0.1) is 0 Å². The van der Waals surface area contributed by atoms with E-state index in [0.29, 0.717) is 24.6 Å². The number of amides is 2. The largest absolute Gasteiger partial charge is 0.465 e. The maximum atomic E-state index is 14.2. The average Bonchev–Trinajstić information content (AvgIpc) is 3.20. The minimum atomic E-state index is -1.17. The fraction of sp³-hybridized carbons (Fsp3) is 0.286. The van der Waals surface area contributed by atoms with Crippen molar-refractivity contribution in [2.24, 2.45) is 0 Å². The lowest BCUT2D eigenvalue weighted by atomic mass is 9.93. The van der Waals surface area contributed by atoms with Crippen LogP contribution in [0.1, 0.15) is 30.9 Å². The first-order valence-electron chi connectivity index (χ1n) is 9.87. The van der Waals surface area contributed by atoms with Crippen molar-refractivity contribution in [1.29, 1.82) is 0 Å². The molecular formula is C21H19ClF2N4O4. The van der Waals surface area contributed by atoms with Crippen LogP contribution in [0.2, 0.25) is 5.02 Å². The Hall–Kier alpha value is -3.40. The number of carbonyl (C=O) groups excluding carboxylic acids is 1. The molecule has 3 N–H and O–H groups in total. The maximum absolute atomic E-state index is 14.2. The molecule has 1 fully saturated rings. The van der Waals surface area contributed by atoms with Crippen molar-refractivity contribution in [2.45, 2.75) is 31.4 Å². The van der Waals surface area contributed by atoms with E-state index in [2.05, 4.69) is 15.5 Å². The summed E-state index contributed by atoms with van der Waals surface area (Å²) in [4.78, 5) is 25.6. The summed E-state index contributed by atoms with van der Waals surface area (Å²) in [6.07, 6.45) is -0.0567. The average molecular weight is 465 g/mol. The molecular weight excluding hydrogens is 446 g/mol. The summed E-state index contributed by atoms with van der Waals surface area (Å²) in [6.45, 7) is 0.257. The number of piperidine rings is 1. The molecule has 0 bridgehead atoms. The number of benzene rings is 2. The molecule has 1 aliphatic heterocycles. The first-order chi connectivity index (χ1) is 15.3. The van der Waals surface area contributed by atoms with Crippen LogP contribution in [0.5, 0.6) is 0 Å². The zero-order valence-electron chi connectivity index (χ0n) is 16.6. The van der Waals surface area contributed by atoms with Crippen molar-refractivity contribution in [1.82, 2.24) is 15.1 Å². The summed E-state index contributed by atoms with van der Waals surface area (Å²) < 4.78 is 33.8. The number of carboxylic acid groups (broad SMARTS) is 1. The van der Waals surface area contributed by atoms with Gasteiger partial charge in [0.2, 0.25) is 0 Å². The second-order valence-corrected chi connectivity index (χ2v) is 7.92. The number of likely N-dealkylation sites (tertiary alicyclic amines) is 1. The van der Waals surface area contributed by atoms with E-state index < -0.39 is 36.0 Å². The van der Waals surface area contributed by atoms with E-state index >= 15 is 0 Å². The molecule has 0 aliphatic carbocycles. The van der Waals surface area contributed by atoms with E-state index in [-0.39, 0.29) is 28.3 Å². The van der Waals surface area contributed by atoms with Crippen LogP contribution in [0.3, 0.4) is 0 Å². The van der Waals surface area contributed by atoms with Gasteiger partial charge in [0.1, 0.15) is 17.4 Å². The predicted molar refractivity (Wildman–Crippen MR) is 113 cm³/mol. The third-order valence-electron chi connectivity index (χ3n) is 5.34. The lowest BCUT2D eigenvalue weighted by Gasteiger charge is -2.38. The Bertz CT molecular complexity index is 1150. The molecule has 2 atom stereocenters. The van der Waals surface area contributed by atoms with E-state index in [0.717, 1.165) is 18.2 Å².